The van der Waals surface area contributed by atoms with Crippen LogP contribution in [0.1, 0.15) is 41.4 Å². The van der Waals surface area contributed by atoms with E-state index < -0.39 is 0 Å². The number of ether oxygens (including phenoxy) is 1. The summed E-state index contributed by atoms with van der Waals surface area (Å²) in [5, 5.41) is 3.04. The number of benzene rings is 2. The number of carbonyl (C=O) groups excluding carboxylic acids is 2. The molecule has 0 saturated carbocycles. The molecular weight excluding hydrogens is 314 g/mol. The summed E-state index contributed by atoms with van der Waals surface area (Å²) in [7, 11) is 1.35. The van der Waals surface area contributed by atoms with Gasteiger partial charge in [0.1, 0.15) is 0 Å². The fourth-order valence-corrected chi connectivity index (χ4v) is 2.52. The average molecular weight is 337 g/mol. The van der Waals surface area contributed by atoms with Gasteiger partial charge in [-0.3, -0.25) is 4.79 Å². The normalized spacial score (nSPS) is 12.2. The van der Waals surface area contributed by atoms with E-state index in [9.17, 15) is 9.59 Å². The van der Waals surface area contributed by atoms with Crippen LogP contribution in [0.15, 0.2) is 60.7 Å². The predicted octanol–water partition coefficient (Wildman–Crippen LogP) is 4.00. The molecule has 0 aliphatic heterocycles. The van der Waals surface area contributed by atoms with E-state index in [0.717, 1.165) is 11.1 Å². The Hall–Kier alpha value is -2.88. The van der Waals surface area contributed by atoms with Crippen LogP contribution in [0.5, 0.6) is 0 Å². The van der Waals surface area contributed by atoms with Gasteiger partial charge in [-0.25, -0.2) is 4.79 Å². The van der Waals surface area contributed by atoms with Gasteiger partial charge in [0.25, 0.3) is 0 Å². The highest BCUT2D eigenvalue weighted by molar-refractivity contribution is 5.92. The van der Waals surface area contributed by atoms with E-state index in [2.05, 4.69) is 23.9 Å². The lowest BCUT2D eigenvalue weighted by Gasteiger charge is -2.22. The average Bonchev–Trinajstić information content (AvgIpc) is 2.64. The molecule has 2 rings (SSSR count). The highest BCUT2D eigenvalue weighted by Gasteiger charge is 2.16. The standard InChI is InChI=1S/C21H23NO3/c1-15(2)20(17-7-5-4-6-8-17)22-19(23)14-11-16-9-12-18(13-10-16)21(24)25-3/h4-15,20H,1-3H3,(H,22,23)/b14-11+/t20-/m1/s1. The Morgan fingerprint density at radius 1 is 1.00 bits per heavy atom. The fourth-order valence-electron chi connectivity index (χ4n) is 2.52. The maximum atomic E-state index is 12.3. The highest BCUT2D eigenvalue weighted by Crippen LogP contribution is 2.21. The summed E-state index contributed by atoms with van der Waals surface area (Å²) >= 11 is 0. The molecule has 0 aliphatic carbocycles. The first kappa shape index (κ1) is 18.5. The minimum absolute atomic E-state index is 0.0416. The third-order valence-corrected chi connectivity index (χ3v) is 3.88. The molecule has 1 amide bonds. The number of methoxy groups -OCH3 is 1. The molecule has 0 heterocycles. The van der Waals surface area contributed by atoms with Gasteiger partial charge in [-0.1, -0.05) is 56.3 Å². The Kier molecular flexibility index (Phi) is 6.52. The minimum Gasteiger partial charge on any atom is -0.465 e. The van der Waals surface area contributed by atoms with Gasteiger partial charge in [-0.15, -0.1) is 0 Å². The lowest BCUT2D eigenvalue weighted by molar-refractivity contribution is -0.117. The Bertz CT molecular complexity index is 733. The largest absolute Gasteiger partial charge is 0.465 e. The summed E-state index contributed by atoms with van der Waals surface area (Å²) in [4.78, 5) is 23.7. The van der Waals surface area contributed by atoms with Crippen molar-refractivity contribution in [2.45, 2.75) is 19.9 Å². The number of amides is 1. The first-order valence-corrected chi connectivity index (χ1v) is 8.23. The smallest absolute Gasteiger partial charge is 0.337 e. The lowest BCUT2D eigenvalue weighted by atomic mass is 9.96. The van der Waals surface area contributed by atoms with Gasteiger partial charge in [0.15, 0.2) is 0 Å². The molecule has 1 atom stereocenters. The molecule has 0 radical (unpaired) electrons. The van der Waals surface area contributed by atoms with Crippen molar-refractivity contribution in [2.75, 3.05) is 7.11 Å². The zero-order valence-corrected chi connectivity index (χ0v) is 14.7. The van der Waals surface area contributed by atoms with E-state index in [0.29, 0.717) is 5.56 Å². The lowest BCUT2D eigenvalue weighted by Crippen LogP contribution is -2.30. The third kappa shape index (κ3) is 5.31. The van der Waals surface area contributed by atoms with E-state index in [4.69, 9.17) is 0 Å². The van der Waals surface area contributed by atoms with Gasteiger partial charge in [0, 0.05) is 6.08 Å². The van der Waals surface area contributed by atoms with Crippen molar-refractivity contribution in [1.82, 2.24) is 5.32 Å². The molecule has 2 aromatic rings. The molecule has 0 bridgehead atoms. The zero-order chi connectivity index (χ0) is 18.2. The van der Waals surface area contributed by atoms with Crippen molar-refractivity contribution in [1.29, 1.82) is 0 Å². The number of hydrogen-bond donors (Lipinski definition) is 1. The molecule has 0 unspecified atom stereocenters. The van der Waals surface area contributed by atoms with Crippen LogP contribution in [-0.4, -0.2) is 19.0 Å². The van der Waals surface area contributed by atoms with E-state index in [1.165, 1.54) is 13.2 Å². The maximum Gasteiger partial charge on any atom is 0.337 e. The molecule has 4 nitrogen and oxygen atoms in total. The van der Waals surface area contributed by atoms with Crippen LogP contribution in [0.4, 0.5) is 0 Å². The molecule has 4 heteroatoms. The monoisotopic (exact) mass is 337 g/mol. The molecular formula is C21H23NO3. The number of carbonyl (C=O) groups is 2. The minimum atomic E-state index is -0.379. The number of hydrogen-bond acceptors (Lipinski definition) is 3. The summed E-state index contributed by atoms with van der Waals surface area (Å²) in [6.07, 6.45) is 3.23. The van der Waals surface area contributed by atoms with Crippen molar-refractivity contribution in [2.24, 2.45) is 5.92 Å². The van der Waals surface area contributed by atoms with E-state index in [1.54, 1.807) is 30.3 Å². The van der Waals surface area contributed by atoms with Crippen molar-refractivity contribution in [3.8, 4) is 0 Å². The number of nitrogens with one attached hydrogen (secondary N) is 1. The first-order chi connectivity index (χ1) is 12.0. The van der Waals surface area contributed by atoms with Crippen LogP contribution in [0.2, 0.25) is 0 Å². The SMILES string of the molecule is COC(=O)c1ccc(/C=C/C(=O)N[C@@H](c2ccccc2)C(C)C)cc1. The third-order valence-electron chi connectivity index (χ3n) is 3.88. The molecule has 0 saturated heterocycles. The van der Waals surface area contributed by atoms with Crippen molar-refractivity contribution in [3.63, 3.8) is 0 Å². The van der Waals surface area contributed by atoms with Gasteiger partial charge in [0.2, 0.25) is 5.91 Å². The molecule has 25 heavy (non-hydrogen) atoms. The fraction of sp³-hybridized carbons (Fsp3) is 0.238. The molecule has 1 N–H and O–H groups in total. The number of rotatable bonds is 6. The van der Waals surface area contributed by atoms with Gasteiger partial charge >= 0.3 is 5.97 Å². The van der Waals surface area contributed by atoms with Crippen LogP contribution in [-0.2, 0) is 9.53 Å². The zero-order valence-electron chi connectivity index (χ0n) is 14.7. The van der Waals surface area contributed by atoms with E-state index in [1.807, 2.05) is 30.3 Å². The van der Waals surface area contributed by atoms with Gasteiger partial charge in [-0.2, -0.15) is 0 Å². The van der Waals surface area contributed by atoms with Crippen molar-refractivity contribution in [3.05, 3.63) is 77.4 Å². The molecule has 2 aromatic carbocycles. The van der Waals surface area contributed by atoms with Gasteiger partial charge < -0.3 is 10.1 Å². The van der Waals surface area contributed by atoms with Crippen LogP contribution >= 0.6 is 0 Å². The molecule has 130 valence electrons. The summed E-state index contributed by atoms with van der Waals surface area (Å²) < 4.78 is 4.66. The molecule has 0 spiro atoms. The second-order valence-electron chi connectivity index (χ2n) is 6.09. The first-order valence-electron chi connectivity index (χ1n) is 8.23. The van der Waals surface area contributed by atoms with E-state index in [-0.39, 0.29) is 23.8 Å². The topological polar surface area (TPSA) is 55.4 Å². The predicted molar refractivity (Wildman–Crippen MR) is 99.0 cm³/mol. The van der Waals surface area contributed by atoms with E-state index >= 15 is 0 Å². The Morgan fingerprint density at radius 3 is 2.20 bits per heavy atom. The Balaban J connectivity index is 2.03. The maximum absolute atomic E-state index is 12.3. The second-order valence-corrected chi connectivity index (χ2v) is 6.09. The highest BCUT2D eigenvalue weighted by atomic mass is 16.5. The van der Waals surface area contributed by atoms with Crippen LogP contribution < -0.4 is 5.32 Å². The van der Waals surface area contributed by atoms with Gasteiger partial charge in [-0.05, 0) is 35.3 Å². The summed E-state index contributed by atoms with van der Waals surface area (Å²) in [6.45, 7) is 4.15. The van der Waals surface area contributed by atoms with Crippen molar-refractivity contribution < 1.29 is 14.3 Å². The molecule has 0 fully saturated rings. The quantitative estimate of drug-likeness (QED) is 0.640. The summed E-state index contributed by atoms with van der Waals surface area (Å²) in [5.41, 5.74) is 2.40. The van der Waals surface area contributed by atoms with Crippen LogP contribution in [0.25, 0.3) is 6.08 Å². The Labute approximate surface area is 148 Å². The second kappa shape index (κ2) is 8.83. The van der Waals surface area contributed by atoms with Crippen LogP contribution in [0.3, 0.4) is 0 Å². The Morgan fingerprint density at radius 2 is 1.64 bits per heavy atom. The number of esters is 1. The molecule has 0 aliphatic rings. The molecule has 0 aromatic heterocycles. The van der Waals surface area contributed by atoms with Crippen LogP contribution in [0, 0.1) is 5.92 Å². The van der Waals surface area contributed by atoms with Crippen molar-refractivity contribution >= 4 is 18.0 Å². The summed E-state index contributed by atoms with van der Waals surface area (Å²) in [6, 6.07) is 16.8. The summed E-state index contributed by atoms with van der Waals surface area (Å²) in [5.74, 6) is -0.255. The van der Waals surface area contributed by atoms with Gasteiger partial charge in [0.05, 0.1) is 18.7 Å².